The molecule has 4 aromatic rings. The molecule has 10 nitrogen and oxygen atoms in total. The number of amides is 2. The topological polar surface area (TPSA) is 134 Å². The number of nitrogens with one attached hydrogen (secondary N) is 1. The fourth-order valence-corrected chi connectivity index (χ4v) is 4.73. The summed E-state index contributed by atoms with van der Waals surface area (Å²) in [5.74, 6) is -2.49. The molecule has 1 N–H and O–H groups in total. The van der Waals surface area contributed by atoms with Crippen LogP contribution in [0, 0.1) is 5.92 Å². The average molecular weight is 585 g/mol. The van der Waals surface area contributed by atoms with Crippen LogP contribution in [0.15, 0.2) is 99.1 Å². The van der Waals surface area contributed by atoms with Crippen molar-refractivity contribution in [2.24, 2.45) is 5.92 Å². The Morgan fingerprint density at radius 3 is 2.19 bits per heavy atom. The van der Waals surface area contributed by atoms with Gasteiger partial charge in [-0.3, -0.25) is 24.5 Å². The first-order valence-corrected chi connectivity index (χ1v) is 13.6. The number of methoxy groups -OCH3 is 2. The molecule has 0 aliphatic carbocycles. The van der Waals surface area contributed by atoms with Gasteiger partial charge in [-0.1, -0.05) is 67.6 Å². The van der Waals surface area contributed by atoms with Gasteiger partial charge in [0.1, 0.15) is 17.1 Å². The summed E-state index contributed by atoms with van der Waals surface area (Å²) < 4.78 is 17.3. The molecule has 0 aliphatic heterocycles. The molecule has 222 valence electrons. The molecule has 0 radical (unpaired) electrons. The van der Waals surface area contributed by atoms with E-state index in [1.54, 1.807) is 10.6 Å². The van der Waals surface area contributed by atoms with E-state index in [4.69, 9.17) is 9.15 Å². The van der Waals surface area contributed by atoms with Crippen molar-refractivity contribution < 1.29 is 28.3 Å². The number of hydrogen-bond donors (Lipinski definition) is 1. The smallest absolute Gasteiger partial charge is 0.339 e. The van der Waals surface area contributed by atoms with Crippen molar-refractivity contribution >= 4 is 17.8 Å². The zero-order valence-electron chi connectivity index (χ0n) is 24.1. The Bertz CT molecular complexity index is 1710. The number of carbonyl (C=O) groups excluding carboxylic acids is 3. The average Bonchev–Trinajstić information content (AvgIpc) is 3.00. The minimum atomic E-state index is -0.919. The van der Waals surface area contributed by atoms with Crippen molar-refractivity contribution in [3.8, 4) is 5.75 Å². The van der Waals surface area contributed by atoms with E-state index in [0.29, 0.717) is 24.3 Å². The third-order valence-electron chi connectivity index (χ3n) is 6.92. The summed E-state index contributed by atoms with van der Waals surface area (Å²) in [6, 6.07) is 22.4. The van der Waals surface area contributed by atoms with Crippen LogP contribution in [0.3, 0.4) is 0 Å². The highest BCUT2D eigenvalue weighted by atomic mass is 16.5. The molecular formula is C33H32N2O8. The monoisotopic (exact) mass is 584 g/mol. The number of rotatable bonds is 11. The van der Waals surface area contributed by atoms with E-state index in [1.807, 2.05) is 60.7 Å². The number of benzene rings is 2. The number of carbonyl (C=O) groups is 3. The Labute approximate surface area is 247 Å². The van der Waals surface area contributed by atoms with Gasteiger partial charge in [-0.25, -0.2) is 4.79 Å². The Morgan fingerprint density at radius 1 is 0.907 bits per heavy atom. The molecule has 0 spiro atoms. The van der Waals surface area contributed by atoms with Crippen molar-refractivity contribution in [3.05, 3.63) is 134 Å². The molecule has 2 amide bonds. The lowest BCUT2D eigenvalue weighted by Crippen LogP contribution is -2.36. The molecule has 4 rings (SSSR count). The largest absolute Gasteiger partial charge is 0.496 e. The van der Waals surface area contributed by atoms with Crippen molar-refractivity contribution in [1.82, 2.24) is 9.88 Å². The quantitative estimate of drug-likeness (QED) is 0.264. The lowest BCUT2D eigenvalue weighted by molar-refractivity contribution is -0.146. The second-order valence-electron chi connectivity index (χ2n) is 10.0. The van der Waals surface area contributed by atoms with E-state index >= 15 is 0 Å². The molecule has 2 aromatic heterocycles. The van der Waals surface area contributed by atoms with Crippen LogP contribution < -0.4 is 21.1 Å². The lowest BCUT2D eigenvalue weighted by Gasteiger charge is -2.25. The van der Waals surface area contributed by atoms with E-state index in [0.717, 1.165) is 11.1 Å². The van der Waals surface area contributed by atoms with Crippen LogP contribution in [0.5, 0.6) is 5.75 Å². The predicted octanol–water partition coefficient (Wildman–Crippen LogP) is 3.69. The molecule has 2 atom stereocenters. The normalized spacial score (nSPS) is 12.2. The minimum Gasteiger partial charge on any atom is -0.496 e. The third kappa shape index (κ3) is 7.94. The van der Waals surface area contributed by atoms with Crippen LogP contribution in [-0.4, -0.2) is 36.6 Å². The van der Waals surface area contributed by atoms with Gasteiger partial charge in [0.15, 0.2) is 5.43 Å². The summed E-state index contributed by atoms with van der Waals surface area (Å²) in [6.45, 7) is 1.50. The summed E-state index contributed by atoms with van der Waals surface area (Å²) in [5, 5.41) is 2.21. The van der Waals surface area contributed by atoms with Crippen LogP contribution in [0.1, 0.15) is 52.3 Å². The maximum Gasteiger partial charge on any atom is 0.339 e. The van der Waals surface area contributed by atoms with Crippen molar-refractivity contribution in [1.29, 1.82) is 0 Å². The standard InChI is InChI=1S/C33H32N2O8/c1-21(33(40)42-3)14-30(37)34-32(39)26-20-35(24(17-28(26)36)15-22-10-6-4-7-11-22)27(16-23-12-8-5-9-13-23)29-18-25(41-2)19-31(38)43-29/h4-13,17-21,27H,14-16H2,1-3H3,(H,34,37,39). The zero-order valence-corrected chi connectivity index (χ0v) is 24.1. The van der Waals surface area contributed by atoms with Crippen LogP contribution in [0.25, 0.3) is 0 Å². The number of nitrogens with zero attached hydrogens (tertiary/aromatic N) is 1. The van der Waals surface area contributed by atoms with Gasteiger partial charge < -0.3 is 18.5 Å². The molecule has 0 fully saturated rings. The van der Waals surface area contributed by atoms with Gasteiger partial charge in [0.25, 0.3) is 5.91 Å². The molecule has 2 aromatic carbocycles. The predicted molar refractivity (Wildman–Crippen MR) is 158 cm³/mol. The molecule has 0 bridgehead atoms. The highest BCUT2D eigenvalue weighted by molar-refractivity contribution is 6.05. The van der Waals surface area contributed by atoms with E-state index in [-0.39, 0.29) is 17.7 Å². The number of pyridine rings is 1. The van der Waals surface area contributed by atoms with Crippen molar-refractivity contribution in [3.63, 3.8) is 0 Å². The zero-order chi connectivity index (χ0) is 30.9. The highest BCUT2D eigenvalue weighted by Crippen LogP contribution is 2.27. The molecular weight excluding hydrogens is 552 g/mol. The van der Waals surface area contributed by atoms with Gasteiger partial charge in [0.2, 0.25) is 5.91 Å². The number of ether oxygens (including phenoxy) is 2. The van der Waals surface area contributed by atoms with Crippen LogP contribution in [0.4, 0.5) is 0 Å². The van der Waals surface area contributed by atoms with Crippen molar-refractivity contribution in [2.75, 3.05) is 14.2 Å². The van der Waals surface area contributed by atoms with Gasteiger partial charge in [0, 0.05) is 43.3 Å². The summed E-state index contributed by atoms with van der Waals surface area (Å²) in [6.07, 6.45) is 1.73. The van der Waals surface area contributed by atoms with E-state index in [2.05, 4.69) is 10.1 Å². The fraction of sp³-hybridized carbons (Fsp3) is 0.242. The molecule has 2 unspecified atom stereocenters. The molecule has 0 saturated carbocycles. The van der Waals surface area contributed by atoms with Crippen LogP contribution in [-0.2, 0) is 27.2 Å². The van der Waals surface area contributed by atoms with E-state index in [1.165, 1.54) is 39.5 Å². The van der Waals surface area contributed by atoms with Crippen molar-refractivity contribution in [2.45, 2.75) is 32.2 Å². The Morgan fingerprint density at radius 2 is 1.56 bits per heavy atom. The van der Waals surface area contributed by atoms with Gasteiger partial charge in [-0.05, 0) is 11.1 Å². The number of aromatic nitrogens is 1. The molecule has 43 heavy (non-hydrogen) atoms. The maximum absolute atomic E-state index is 13.3. The molecule has 10 heteroatoms. The summed E-state index contributed by atoms with van der Waals surface area (Å²) in [4.78, 5) is 63.3. The second kappa shape index (κ2) is 14.1. The van der Waals surface area contributed by atoms with Gasteiger partial charge in [0.05, 0.1) is 32.2 Å². The fourth-order valence-electron chi connectivity index (χ4n) is 4.73. The first-order chi connectivity index (χ1) is 20.7. The summed E-state index contributed by atoms with van der Waals surface area (Å²) in [7, 11) is 2.64. The highest BCUT2D eigenvalue weighted by Gasteiger charge is 2.25. The lowest BCUT2D eigenvalue weighted by atomic mass is 10.0. The van der Waals surface area contributed by atoms with Crippen LogP contribution in [0.2, 0.25) is 0 Å². The Balaban J connectivity index is 1.84. The first-order valence-electron chi connectivity index (χ1n) is 13.6. The number of imide groups is 1. The third-order valence-corrected chi connectivity index (χ3v) is 6.92. The minimum absolute atomic E-state index is 0.250. The molecule has 0 aliphatic rings. The van der Waals surface area contributed by atoms with E-state index in [9.17, 15) is 24.0 Å². The Hall–Kier alpha value is -5.25. The van der Waals surface area contributed by atoms with Gasteiger partial charge in [-0.15, -0.1) is 0 Å². The Kier molecular flexibility index (Phi) is 10.1. The number of esters is 1. The first kappa shape index (κ1) is 30.7. The summed E-state index contributed by atoms with van der Waals surface area (Å²) in [5.41, 5.74) is 0.843. The van der Waals surface area contributed by atoms with Gasteiger partial charge >= 0.3 is 11.6 Å². The van der Waals surface area contributed by atoms with E-state index < -0.39 is 40.8 Å². The SMILES string of the molecule is COC(=O)C(C)CC(=O)NC(=O)c1cn(C(Cc2ccccc2)c2cc(OC)cc(=O)o2)c(Cc2ccccc2)cc1=O. The molecule has 0 saturated heterocycles. The number of hydrogen-bond acceptors (Lipinski definition) is 8. The summed E-state index contributed by atoms with van der Waals surface area (Å²) >= 11 is 0. The van der Waals surface area contributed by atoms with Gasteiger partial charge in [-0.2, -0.15) is 0 Å². The van der Waals surface area contributed by atoms with Crippen LogP contribution >= 0.6 is 0 Å². The second-order valence-corrected chi connectivity index (χ2v) is 10.0. The molecule has 2 heterocycles. The maximum atomic E-state index is 13.3.